The third-order valence-corrected chi connectivity index (χ3v) is 4.39. The number of halogens is 2. The lowest BCUT2D eigenvalue weighted by molar-refractivity contribution is -0.114. The molecular formula is C21H26Cl2N2O2. The van der Waals surface area contributed by atoms with Gasteiger partial charge in [0.2, 0.25) is 5.91 Å². The van der Waals surface area contributed by atoms with E-state index in [0.29, 0.717) is 22.3 Å². The first-order valence-corrected chi connectivity index (χ1v) is 10.0. The van der Waals surface area contributed by atoms with Gasteiger partial charge in [-0.15, -0.1) is 0 Å². The Bertz CT molecular complexity index is 718. The molecule has 0 saturated carbocycles. The molecule has 0 heterocycles. The highest BCUT2D eigenvalue weighted by atomic mass is 35.5. The molecule has 0 saturated heterocycles. The van der Waals surface area contributed by atoms with Gasteiger partial charge in [0, 0.05) is 27.5 Å². The molecule has 4 nitrogen and oxygen atoms in total. The number of amides is 1. The molecule has 0 unspecified atom stereocenters. The number of anilines is 2. The summed E-state index contributed by atoms with van der Waals surface area (Å²) in [6.07, 6.45) is 6.03. The summed E-state index contributed by atoms with van der Waals surface area (Å²) in [6.45, 7) is 3.05. The molecule has 2 N–H and O–H groups in total. The lowest BCUT2D eigenvalue weighted by atomic mass is 10.2. The van der Waals surface area contributed by atoms with Crippen molar-refractivity contribution >= 4 is 40.5 Å². The van der Waals surface area contributed by atoms with E-state index in [9.17, 15) is 4.79 Å². The highest BCUT2D eigenvalue weighted by Crippen LogP contribution is 2.22. The quantitative estimate of drug-likeness (QED) is 0.423. The molecule has 2 aromatic rings. The number of ether oxygens (including phenoxy) is 1. The topological polar surface area (TPSA) is 50.4 Å². The Morgan fingerprint density at radius 1 is 0.963 bits per heavy atom. The number of carbonyl (C=O) groups excluding carboxylic acids is 1. The Morgan fingerprint density at radius 2 is 1.70 bits per heavy atom. The number of nitrogens with one attached hydrogen (secondary N) is 2. The zero-order valence-electron chi connectivity index (χ0n) is 15.6. The maximum absolute atomic E-state index is 12.1. The largest absolute Gasteiger partial charge is 0.494 e. The van der Waals surface area contributed by atoms with Crippen molar-refractivity contribution in [1.29, 1.82) is 0 Å². The Hall–Kier alpha value is -1.91. The number of hydrogen-bond donors (Lipinski definition) is 2. The van der Waals surface area contributed by atoms with Crippen LogP contribution in [0.1, 0.15) is 39.0 Å². The molecule has 0 bridgehead atoms. The lowest BCUT2D eigenvalue weighted by Gasteiger charge is -2.11. The Kier molecular flexibility index (Phi) is 9.29. The summed E-state index contributed by atoms with van der Waals surface area (Å²) in [5.74, 6) is 0.619. The number of unbranched alkanes of at least 4 members (excludes halogenated alkanes) is 4. The van der Waals surface area contributed by atoms with Crippen LogP contribution >= 0.6 is 23.2 Å². The van der Waals surface area contributed by atoms with Gasteiger partial charge in [0.1, 0.15) is 5.75 Å². The minimum Gasteiger partial charge on any atom is -0.494 e. The molecule has 1 amide bonds. The van der Waals surface area contributed by atoms with Crippen molar-refractivity contribution in [3.63, 3.8) is 0 Å². The van der Waals surface area contributed by atoms with Gasteiger partial charge in [0.25, 0.3) is 0 Å². The van der Waals surface area contributed by atoms with Crippen LogP contribution in [0.3, 0.4) is 0 Å². The van der Waals surface area contributed by atoms with E-state index in [-0.39, 0.29) is 12.5 Å². The lowest BCUT2D eigenvalue weighted by Crippen LogP contribution is -2.21. The van der Waals surface area contributed by atoms with Crippen molar-refractivity contribution in [3.05, 3.63) is 52.5 Å². The van der Waals surface area contributed by atoms with Crippen LogP contribution in [-0.2, 0) is 4.79 Å². The smallest absolute Gasteiger partial charge is 0.243 e. The van der Waals surface area contributed by atoms with E-state index in [2.05, 4.69) is 17.6 Å². The standard InChI is InChI=1S/C21H26Cl2N2O2/c1-2-3-4-5-6-10-27-20-9-7-8-18(14-20)24-15-21(26)25-19-12-16(22)11-17(23)13-19/h7-9,11-14,24H,2-6,10,15H2,1H3,(H,25,26). The molecule has 0 aliphatic heterocycles. The Labute approximate surface area is 171 Å². The SMILES string of the molecule is CCCCCCCOc1cccc(NCC(=O)Nc2cc(Cl)cc(Cl)c2)c1. The molecule has 0 spiro atoms. The molecule has 2 rings (SSSR count). The Balaban J connectivity index is 1.75. The highest BCUT2D eigenvalue weighted by Gasteiger charge is 2.05. The van der Waals surface area contributed by atoms with E-state index in [0.717, 1.165) is 17.9 Å². The maximum Gasteiger partial charge on any atom is 0.243 e. The average molecular weight is 409 g/mol. The van der Waals surface area contributed by atoms with Gasteiger partial charge in [0.15, 0.2) is 0 Å². The molecule has 0 atom stereocenters. The number of hydrogen-bond acceptors (Lipinski definition) is 3. The van der Waals surface area contributed by atoms with E-state index in [4.69, 9.17) is 27.9 Å². The second kappa shape index (κ2) is 11.7. The number of rotatable bonds is 11. The van der Waals surface area contributed by atoms with E-state index in [1.54, 1.807) is 18.2 Å². The summed E-state index contributed by atoms with van der Waals surface area (Å²) in [4.78, 5) is 12.1. The molecule has 0 radical (unpaired) electrons. The van der Waals surface area contributed by atoms with E-state index in [1.165, 1.54) is 25.7 Å². The molecule has 6 heteroatoms. The van der Waals surface area contributed by atoms with E-state index < -0.39 is 0 Å². The fourth-order valence-electron chi connectivity index (χ4n) is 2.61. The normalized spacial score (nSPS) is 10.5. The fourth-order valence-corrected chi connectivity index (χ4v) is 3.13. The van der Waals surface area contributed by atoms with Crippen LogP contribution in [0, 0.1) is 0 Å². The van der Waals surface area contributed by atoms with Crippen LogP contribution in [0.2, 0.25) is 10.0 Å². The third kappa shape index (κ3) is 8.55. The van der Waals surface area contributed by atoms with Crippen molar-refractivity contribution in [3.8, 4) is 5.75 Å². The zero-order chi connectivity index (χ0) is 19.5. The second-order valence-corrected chi connectivity index (χ2v) is 7.22. The van der Waals surface area contributed by atoms with Crippen LogP contribution in [-0.4, -0.2) is 19.1 Å². The summed E-state index contributed by atoms with van der Waals surface area (Å²) in [5.41, 5.74) is 1.40. The van der Waals surface area contributed by atoms with Crippen LogP contribution in [0.5, 0.6) is 5.75 Å². The first-order chi connectivity index (χ1) is 13.1. The molecule has 0 aliphatic rings. The molecule has 0 fully saturated rings. The van der Waals surface area contributed by atoms with Crippen molar-refractivity contribution in [2.24, 2.45) is 0 Å². The van der Waals surface area contributed by atoms with Gasteiger partial charge in [-0.25, -0.2) is 0 Å². The molecule has 146 valence electrons. The first kappa shape index (κ1) is 21.4. The minimum atomic E-state index is -0.185. The van der Waals surface area contributed by atoms with Crippen LogP contribution in [0.15, 0.2) is 42.5 Å². The summed E-state index contributed by atoms with van der Waals surface area (Å²) < 4.78 is 5.79. The molecular weight excluding hydrogens is 383 g/mol. The minimum absolute atomic E-state index is 0.130. The summed E-state index contributed by atoms with van der Waals surface area (Å²) >= 11 is 11.9. The second-order valence-electron chi connectivity index (χ2n) is 6.35. The van der Waals surface area contributed by atoms with Crippen LogP contribution in [0.25, 0.3) is 0 Å². The van der Waals surface area contributed by atoms with Gasteiger partial charge in [-0.2, -0.15) is 0 Å². The van der Waals surface area contributed by atoms with Crippen molar-refractivity contribution < 1.29 is 9.53 Å². The predicted octanol–water partition coefficient (Wildman–Crippen LogP) is 6.39. The average Bonchev–Trinajstić information content (AvgIpc) is 2.62. The first-order valence-electron chi connectivity index (χ1n) is 9.29. The van der Waals surface area contributed by atoms with E-state index in [1.807, 2.05) is 24.3 Å². The number of carbonyl (C=O) groups is 1. The maximum atomic E-state index is 12.1. The summed E-state index contributed by atoms with van der Waals surface area (Å²) in [7, 11) is 0. The number of benzene rings is 2. The van der Waals surface area contributed by atoms with Gasteiger partial charge >= 0.3 is 0 Å². The predicted molar refractivity (Wildman–Crippen MR) is 114 cm³/mol. The van der Waals surface area contributed by atoms with Crippen molar-refractivity contribution in [2.45, 2.75) is 39.0 Å². The van der Waals surface area contributed by atoms with Crippen molar-refractivity contribution in [1.82, 2.24) is 0 Å². The van der Waals surface area contributed by atoms with Gasteiger partial charge in [-0.05, 0) is 36.8 Å². The highest BCUT2D eigenvalue weighted by molar-refractivity contribution is 6.35. The monoisotopic (exact) mass is 408 g/mol. The third-order valence-electron chi connectivity index (χ3n) is 3.95. The molecule has 2 aromatic carbocycles. The molecule has 0 aliphatic carbocycles. The Morgan fingerprint density at radius 3 is 2.44 bits per heavy atom. The molecule has 27 heavy (non-hydrogen) atoms. The van der Waals surface area contributed by atoms with Crippen LogP contribution in [0.4, 0.5) is 11.4 Å². The summed E-state index contributed by atoms with van der Waals surface area (Å²) in [5, 5.41) is 6.81. The van der Waals surface area contributed by atoms with Gasteiger partial charge < -0.3 is 15.4 Å². The zero-order valence-corrected chi connectivity index (χ0v) is 17.1. The molecule has 0 aromatic heterocycles. The van der Waals surface area contributed by atoms with Crippen LogP contribution < -0.4 is 15.4 Å². The fraction of sp³-hybridized carbons (Fsp3) is 0.381. The van der Waals surface area contributed by atoms with E-state index >= 15 is 0 Å². The van der Waals surface area contributed by atoms with Crippen molar-refractivity contribution in [2.75, 3.05) is 23.8 Å². The summed E-state index contributed by atoms with van der Waals surface area (Å²) in [6, 6.07) is 12.6. The van der Waals surface area contributed by atoms with Gasteiger partial charge in [-0.1, -0.05) is 61.9 Å². The van der Waals surface area contributed by atoms with Gasteiger partial charge in [-0.3, -0.25) is 4.79 Å². The van der Waals surface area contributed by atoms with Gasteiger partial charge in [0.05, 0.1) is 13.2 Å².